The number of rotatable bonds is 4. The van der Waals surface area contributed by atoms with Crippen LogP contribution in [0, 0.1) is 0 Å². The summed E-state index contributed by atoms with van der Waals surface area (Å²) >= 11 is 0. The fourth-order valence-corrected chi connectivity index (χ4v) is 0.463. The molecule has 0 amide bonds. The molecule has 0 aliphatic carbocycles. The van der Waals surface area contributed by atoms with Crippen LogP contribution in [0.25, 0.3) is 0 Å². The lowest BCUT2D eigenvalue weighted by molar-refractivity contribution is -0.135. The van der Waals surface area contributed by atoms with Gasteiger partial charge in [0.15, 0.2) is 0 Å². The van der Waals surface area contributed by atoms with Crippen LogP contribution in [0.1, 0.15) is 0 Å². The molecular formula is C7H6O6. The molecule has 0 aliphatic rings. The van der Waals surface area contributed by atoms with E-state index in [-0.39, 0.29) is 6.29 Å². The lowest BCUT2D eigenvalue weighted by atomic mass is 10.2. The number of hydrogen-bond donors (Lipinski definition) is 3. The third-order valence-corrected chi connectivity index (χ3v) is 1.01. The zero-order valence-electron chi connectivity index (χ0n) is 6.30. The van der Waals surface area contributed by atoms with Gasteiger partial charge in [0.1, 0.15) is 6.29 Å². The van der Waals surface area contributed by atoms with E-state index in [0.717, 1.165) is 0 Å². The lowest BCUT2D eigenvalue weighted by Gasteiger charge is -1.93. The molecule has 0 atom stereocenters. The smallest absolute Gasteiger partial charge is 0.370 e. The lowest BCUT2D eigenvalue weighted by Crippen LogP contribution is -2.04. The summed E-state index contributed by atoms with van der Waals surface area (Å²) in [7, 11) is 0. The maximum Gasteiger partial charge on any atom is 0.370 e. The Bertz CT molecular complexity index is 298. The third kappa shape index (κ3) is 3.71. The average Bonchev–Trinajstić information content (AvgIpc) is 2.03. The van der Waals surface area contributed by atoms with Gasteiger partial charge in [-0.25, -0.2) is 9.59 Å². The predicted molar refractivity (Wildman–Crippen MR) is 40.1 cm³/mol. The second-order valence-electron chi connectivity index (χ2n) is 1.90. The molecule has 0 bridgehead atoms. The zero-order chi connectivity index (χ0) is 10.4. The summed E-state index contributed by atoms with van der Waals surface area (Å²) < 4.78 is 0. The Morgan fingerprint density at radius 2 is 1.54 bits per heavy atom. The molecule has 6 nitrogen and oxygen atoms in total. The Morgan fingerprint density at radius 1 is 1.00 bits per heavy atom. The van der Waals surface area contributed by atoms with Crippen LogP contribution in [0.5, 0.6) is 0 Å². The van der Waals surface area contributed by atoms with E-state index >= 15 is 0 Å². The minimum atomic E-state index is -1.67. The maximum atomic E-state index is 10.3. The number of aliphatic hydroxyl groups excluding tert-OH is 1. The highest BCUT2D eigenvalue weighted by Crippen LogP contribution is 2.00. The summed E-state index contributed by atoms with van der Waals surface area (Å²) in [6.07, 6.45) is 1.27. The van der Waals surface area contributed by atoms with Gasteiger partial charge in [-0.3, -0.25) is 4.79 Å². The van der Waals surface area contributed by atoms with Gasteiger partial charge in [-0.15, -0.1) is 0 Å². The van der Waals surface area contributed by atoms with Crippen molar-refractivity contribution in [1.82, 2.24) is 0 Å². The minimum Gasteiger partial charge on any atom is -0.502 e. The molecule has 0 aromatic heterocycles. The Hall–Kier alpha value is -2.11. The Morgan fingerprint density at radius 3 is 1.85 bits per heavy atom. The number of carboxylic acids is 2. The number of carboxylic acid groups (broad SMARTS) is 2. The Kier molecular flexibility index (Phi) is 3.94. The van der Waals surface area contributed by atoms with Crippen molar-refractivity contribution in [1.29, 1.82) is 0 Å². The second kappa shape index (κ2) is 4.70. The molecule has 13 heavy (non-hydrogen) atoms. The van der Waals surface area contributed by atoms with Gasteiger partial charge in [-0.1, -0.05) is 0 Å². The van der Waals surface area contributed by atoms with E-state index in [4.69, 9.17) is 15.3 Å². The van der Waals surface area contributed by atoms with E-state index < -0.39 is 23.3 Å². The molecule has 0 rings (SSSR count). The summed E-state index contributed by atoms with van der Waals surface area (Å²) in [5, 5.41) is 25.1. The van der Waals surface area contributed by atoms with Crippen LogP contribution in [0.2, 0.25) is 0 Å². The Labute approximate surface area is 72.4 Å². The highest BCUT2D eigenvalue weighted by Gasteiger charge is 2.09. The topological polar surface area (TPSA) is 112 Å². The molecule has 3 N–H and O–H groups in total. The number of carbonyl (C=O) groups excluding carboxylic acids is 1. The minimum absolute atomic E-state index is 0.176. The molecule has 0 saturated carbocycles. The fraction of sp³-hybridized carbons (Fsp3) is 0. The molecule has 0 radical (unpaired) electrons. The zero-order valence-corrected chi connectivity index (χ0v) is 6.30. The summed E-state index contributed by atoms with van der Waals surface area (Å²) in [5.41, 5.74) is -0.602. The molecule has 6 heteroatoms. The van der Waals surface area contributed by atoms with E-state index in [9.17, 15) is 14.4 Å². The monoisotopic (exact) mass is 186 g/mol. The van der Waals surface area contributed by atoms with Crippen LogP contribution in [0.15, 0.2) is 23.5 Å². The van der Waals surface area contributed by atoms with Crippen molar-refractivity contribution in [3.05, 3.63) is 23.5 Å². The number of aliphatic carboxylic acids is 2. The molecule has 0 aromatic rings. The van der Waals surface area contributed by atoms with Gasteiger partial charge in [0, 0.05) is 6.08 Å². The summed E-state index contributed by atoms with van der Waals surface area (Å²) in [4.78, 5) is 30.2. The summed E-state index contributed by atoms with van der Waals surface area (Å²) in [5.74, 6) is -4.31. The van der Waals surface area contributed by atoms with E-state index in [0.29, 0.717) is 12.2 Å². The van der Waals surface area contributed by atoms with Crippen LogP contribution in [-0.4, -0.2) is 33.5 Å². The van der Waals surface area contributed by atoms with Crippen molar-refractivity contribution in [2.45, 2.75) is 0 Å². The first-order chi connectivity index (χ1) is 5.99. The van der Waals surface area contributed by atoms with Gasteiger partial charge >= 0.3 is 11.9 Å². The van der Waals surface area contributed by atoms with E-state index in [1.807, 2.05) is 0 Å². The number of allylic oxidation sites excluding steroid dienone is 1. The first-order valence-electron chi connectivity index (χ1n) is 3.01. The van der Waals surface area contributed by atoms with Gasteiger partial charge < -0.3 is 15.3 Å². The van der Waals surface area contributed by atoms with Gasteiger partial charge in [0.2, 0.25) is 5.76 Å². The van der Waals surface area contributed by atoms with Crippen molar-refractivity contribution in [2.75, 3.05) is 0 Å². The molecule has 0 saturated heterocycles. The molecule has 70 valence electrons. The second-order valence-corrected chi connectivity index (χ2v) is 1.90. The highest BCUT2D eigenvalue weighted by atomic mass is 16.4. The summed E-state index contributed by atoms with van der Waals surface area (Å²) in [6.45, 7) is 0. The molecular weight excluding hydrogens is 180 g/mol. The number of aliphatic hydroxyl groups is 1. The molecule has 0 spiro atoms. The third-order valence-electron chi connectivity index (χ3n) is 1.01. The van der Waals surface area contributed by atoms with Crippen LogP contribution < -0.4 is 0 Å². The standard InChI is InChI=1S/C7H6O6/c8-2-1-4(6(10)11)3-5(9)7(12)13/h1-3,9H,(H,10,11)(H,12,13)/b4-1-,5-3-. The van der Waals surface area contributed by atoms with E-state index in [2.05, 4.69) is 0 Å². The van der Waals surface area contributed by atoms with Crippen molar-refractivity contribution in [2.24, 2.45) is 0 Å². The quantitative estimate of drug-likeness (QED) is 0.241. The first kappa shape index (κ1) is 10.9. The Balaban J connectivity index is 4.91. The van der Waals surface area contributed by atoms with Crippen LogP contribution in [-0.2, 0) is 14.4 Å². The van der Waals surface area contributed by atoms with Crippen LogP contribution >= 0.6 is 0 Å². The molecule has 0 unspecified atom stereocenters. The van der Waals surface area contributed by atoms with Crippen molar-refractivity contribution in [3.8, 4) is 0 Å². The van der Waals surface area contributed by atoms with Crippen molar-refractivity contribution < 1.29 is 29.7 Å². The number of aldehydes is 1. The van der Waals surface area contributed by atoms with E-state index in [1.165, 1.54) is 0 Å². The fourth-order valence-electron chi connectivity index (χ4n) is 0.463. The molecule has 0 fully saturated rings. The molecule has 0 heterocycles. The normalized spacial score (nSPS) is 12.3. The van der Waals surface area contributed by atoms with Gasteiger partial charge in [0.25, 0.3) is 0 Å². The molecule has 0 aromatic carbocycles. The van der Waals surface area contributed by atoms with E-state index in [1.54, 1.807) is 0 Å². The first-order valence-corrected chi connectivity index (χ1v) is 3.01. The largest absolute Gasteiger partial charge is 0.502 e. The van der Waals surface area contributed by atoms with Gasteiger partial charge in [-0.05, 0) is 6.08 Å². The molecule has 0 aliphatic heterocycles. The summed E-state index contributed by atoms with van der Waals surface area (Å²) in [6, 6.07) is 0. The van der Waals surface area contributed by atoms with Gasteiger partial charge in [0.05, 0.1) is 5.57 Å². The maximum absolute atomic E-state index is 10.3. The van der Waals surface area contributed by atoms with Crippen LogP contribution in [0.3, 0.4) is 0 Å². The number of carbonyl (C=O) groups is 3. The van der Waals surface area contributed by atoms with Crippen molar-refractivity contribution >= 4 is 18.2 Å². The predicted octanol–water partition coefficient (Wildman–Crippen LogP) is -0.277. The number of hydrogen-bond acceptors (Lipinski definition) is 4. The highest BCUT2D eigenvalue weighted by molar-refractivity contribution is 5.96. The SMILES string of the molecule is O=C/C=C(/C=C(\O)C(=O)O)C(=O)O. The van der Waals surface area contributed by atoms with Gasteiger partial charge in [-0.2, -0.15) is 0 Å². The average molecular weight is 186 g/mol. The van der Waals surface area contributed by atoms with Crippen molar-refractivity contribution in [3.63, 3.8) is 0 Å². The van der Waals surface area contributed by atoms with Crippen LogP contribution in [0.4, 0.5) is 0 Å².